The Kier molecular flexibility index (Phi) is 24.8. The minimum Gasteiger partial charge on any atom is -0.537 e. The molecule has 11 rings (SSSR count). The van der Waals surface area contributed by atoms with Crippen molar-refractivity contribution in [2.45, 2.75) is 37.1 Å². The highest BCUT2D eigenvalue weighted by molar-refractivity contribution is 9.10. The van der Waals surface area contributed by atoms with Gasteiger partial charge in [0.25, 0.3) is 0 Å². The molecule has 0 amide bonds. The largest absolute Gasteiger partial charge is 0.569 e. The Labute approximate surface area is 547 Å². The molecule has 1 radical (unpaired) electrons. The monoisotopic (exact) mass is 1460 g/mol. The minimum atomic E-state index is -4.66. The van der Waals surface area contributed by atoms with E-state index < -0.39 is 75.6 Å². The second-order valence-corrected chi connectivity index (χ2v) is 21.1. The van der Waals surface area contributed by atoms with E-state index in [1.165, 1.54) is 54.7 Å². The van der Waals surface area contributed by atoms with Crippen LogP contribution in [0.15, 0.2) is 205 Å². The molecule has 5 aromatic carbocycles. The molecule has 93 heavy (non-hydrogen) atoms. The molecule has 0 bridgehead atoms. The van der Waals surface area contributed by atoms with Crippen LogP contribution in [0.3, 0.4) is 0 Å². The molecule has 6 aromatic heterocycles. The highest BCUT2D eigenvalue weighted by Gasteiger charge is 2.36. The third-order valence-electron chi connectivity index (χ3n) is 11.9. The highest BCUT2D eigenvalue weighted by Crippen LogP contribution is 2.35. The van der Waals surface area contributed by atoms with E-state index in [0.29, 0.717) is 24.4 Å². The van der Waals surface area contributed by atoms with Crippen LogP contribution in [0.5, 0.6) is 5.75 Å². The average Bonchev–Trinajstić information content (AvgIpc) is 1.73. The van der Waals surface area contributed by atoms with Crippen molar-refractivity contribution in [3.63, 3.8) is 0 Å². The van der Waals surface area contributed by atoms with Crippen LogP contribution in [-0.4, -0.2) is 64.8 Å². The summed E-state index contributed by atoms with van der Waals surface area (Å²) in [6.07, 6.45) is -9.54. The van der Waals surface area contributed by atoms with Crippen molar-refractivity contribution in [2.75, 3.05) is 0 Å². The summed E-state index contributed by atoms with van der Waals surface area (Å²) in [5.41, 5.74) is -0.359. The van der Waals surface area contributed by atoms with E-state index in [1.807, 2.05) is 24.3 Å². The first-order chi connectivity index (χ1) is 44.1. The fourth-order valence-corrected chi connectivity index (χ4v) is 9.11. The van der Waals surface area contributed by atoms with Crippen molar-refractivity contribution < 1.29 is 91.0 Å². The number of nitrogens with zero attached hydrogens (tertiary/aromatic N) is 6. The second-order valence-electron chi connectivity index (χ2n) is 18.6. The van der Waals surface area contributed by atoms with E-state index in [-0.39, 0.29) is 64.6 Å². The van der Waals surface area contributed by atoms with Gasteiger partial charge in [-0.05, 0) is 149 Å². The molecule has 6 heterocycles. The van der Waals surface area contributed by atoms with Gasteiger partial charge >= 0.3 is 38.2 Å². The normalized spacial score (nSPS) is 11.1. The van der Waals surface area contributed by atoms with Crippen LogP contribution in [0.2, 0.25) is 5.28 Å². The highest BCUT2D eigenvalue weighted by atomic mass is 79.9. The van der Waals surface area contributed by atoms with E-state index >= 15 is 0 Å². The van der Waals surface area contributed by atoms with Gasteiger partial charge in [-0.1, -0.05) is 86.5 Å². The number of aromatic nitrogens is 6. The molecular weight excluding hydrogens is 1420 g/mol. The van der Waals surface area contributed by atoms with Gasteiger partial charge in [0.05, 0.1) is 29.9 Å². The molecule has 0 spiro atoms. The number of carboxylic acids is 2. The van der Waals surface area contributed by atoms with Crippen molar-refractivity contribution >= 4 is 75.7 Å². The summed E-state index contributed by atoms with van der Waals surface area (Å²) in [7, 11) is 0.388. The number of alkyl halides is 9. The Balaban J connectivity index is 0.000000176. The van der Waals surface area contributed by atoms with E-state index in [2.05, 4.69) is 91.2 Å². The van der Waals surface area contributed by atoms with Crippen LogP contribution in [0.1, 0.15) is 66.1 Å². The molecule has 31 heteroatoms. The number of rotatable bonds is 13. The predicted octanol–water partition coefficient (Wildman–Crippen LogP) is 17.7. The summed E-state index contributed by atoms with van der Waals surface area (Å²) in [6, 6.07) is 40.6. The summed E-state index contributed by atoms with van der Waals surface area (Å²) < 4.78 is 165. The zero-order valence-corrected chi connectivity index (χ0v) is 51.6. The Hall–Kier alpha value is -9.23. The zero-order chi connectivity index (χ0) is 67.6. The molecule has 11 aromatic rings. The summed E-state index contributed by atoms with van der Waals surface area (Å²) in [5.74, 6) is -2.95. The Morgan fingerprint density at radius 1 is 0.495 bits per heavy atom. The topological polar surface area (TPSA) is 221 Å². The minimum absolute atomic E-state index is 0.00248. The quantitative estimate of drug-likeness (QED) is 0.0365. The summed E-state index contributed by atoms with van der Waals surface area (Å²) in [6.45, 7) is 0. The van der Waals surface area contributed by atoms with Gasteiger partial charge in [-0.3, -0.25) is 0 Å². The Bertz CT molecular complexity index is 4310. The molecular formula is C62H40BBr2ClF11N6O9S. The lowest BCUT2D eigenvalue weighted by molar-refractivity contribution is -0.142. The lowest BCUT2D eigenvalue weighted by Gasteiger charge is -2.11. The lowest BCUT2D eigenvalue weighted by atomic mass is 9.99. The summed E-state index contributed by atoms with van der Waals surface area (Å²) >= 11 is 16.2. The van der Waals surface area contributed by atoms with Gasteiger partial charge in [-0.25, -0.2) is 48.3 Å². The number of furan rings is 3. The molecule has 3 N–H and O–H groups in total. The van der Waals surface area contributed by atoms with E-state index in [9.17, 15) is 57.9 Å². The molecule has 0 aliphatic heterocycles. The first-order valence-corrected chi connectivity index (χ1v) is 28.7. The third-order valence-corrected chi connectivity index (χ3v) is 13.5. The molecule has 479 valence electrons. The molecule has 0 saturated heterocycles. The first-order valence-electron chi connectivity index (χ1n) is 26.1. The van der Waals surface area contributed by atoms with Gasteiger partial charge in [-0.2, -0.15) is 52.1 Å². The SMILES string of the molecule is FC(F)(F)c1cc(-c2ccco2)nc(Cc2cccc(Br)c2)n1.FC(F)(F)c1cc(-c2ccco2)nc(Cl)n1.O=C(O)c1cc(-c2cccc(Cc3nc(-c4ccco4)cc(C(F)(F)F)n3)c2)ccc1F.O=C(O)c1cc(O[B]O)ccc1F.SCc1cccc(Br)c1. The number of hydrogen-bond acceptors (Lipinski definition) is 14. The van der Waals surface area contributed by atoms with E-state index in [4.69, 9.17) is 40.1 Å². The molecule has 15 nitrogen and oxygen atoms in total. The van der Waals surface area contributed by atoms with Crippen LogP contribution in [0, 0.1) is 11.6 Å². The third kappa shape index (κ3) is 21.4. The van der Waals surface area contributed by atoms with Crippen LogP contribution in [0.4, 0.5) is 48.3 Å². The van der Waals surface area contributed by atoms with Crippen molar-refractivity contribution in [1.29, 1.82) is 0 Å². The summed E-state index contributed by atoms with van der Waals surface area (Å²) in [5, 5.41) is 25.4. The lowest BCUT2D eigenvalue weighted by Crippen LogP contribution is -2.12. The van der Waals surface area contributed by atoms with Crippen molar-refractivity contribution in [3.8, 4) is 51.2 Å². The van der Waals surface area contributed by atoms with Gasteiger partial charge in [-0.15, -0.1) is 0 Å². The van der Waals surface area contributed by atoms with Crippen molar-refractivity contribution in [3.05, 3.63) is 265 Å². The number of hydrogen-bond donors (Lipinski definition) is 4. The van der Waals surface area contributed by atoms with Crippen molar-refractivity contribution in [2.24, 2.45) is 0 Å². The smallest absolute Gasteiger partial charge is 0.537 e. The van der Waals surface area contributed by atoms with Gasteiger partial charge in [0, 0.05) is 27.5 Å². The molecule has 0 saturated carbocycles. The van der Waals surface area contributed by atoms with Gasteiger partial charge in [0.1, 0.15) is 63.2 Å². The molecule has 0 aliphatic carbocycles. The van der Waals surface area contributed by atoms with E-state index in [1.54, 1.807) is 60.7 Å². The summed E-state index contributed by atoms with van der Waals surface area (Å²) in [4.78, 5) is 44.1. The molecule has 0 fully saturated rings. The van der Waals surface area contributed by atoms with Crippen LogP contribution in [-0.2, 0) is 37.1 Å². The van der Waals surface area contributed by atoms with Gasteiger partial charge in [0.2, 0.25) is 5.28 Å². The zero-order valence-electron chi connectivity index (χ0n) is 46.7. The number of carboxylic acid groups (broad SMARTS) is 2. The van der Waals surface area contributed by atoms with E-state index in [0.717, 1.165) is 56.7 Å². The van der Waals surface area contributed by atoms with Crippen LogP contribution >= 0.6 is 56.1 Å². The van der Waals surface area contributed by atoms with Crippen molar-refractivity contribution in [1.82, 2.24) is 29.9 Å². The number of aromatic carboxylic acids is 2. The second kappa shape index (κ2) is 32.4. The standard InChI is InChI=1S/C23H14F4N2O3.C16H10BrF3N2O.C9H4ClF3N2O.C7H5BFO4.C7H7BrS/c24-17-7-6-15(11-16(17)22(30)31)14-4-1-3-13(9-14)10-21-28-18(19-5-2-8-32-19)12-20(29-21)23(25,26)27;17-11-4-1-3-10(7-11)8-15-21-12(13-5-2-6-23-13)9-14(22-15)16(18,19)20;10-8-14-5(6-2-1-3-16-6)4-7(15-8)9(11,12)13;9-6-2-1-4(13-8-12)3-5(6)7(10)11;8-7-3-1-2-6(4-7)5-9/h1-9,11-12H,10H2,(H,30,31);1-7,9H,8H2;1-4H;1-3,12H,(H,10,11);1-4,9H,5H2. The van der Waals surface area contributed by atoms with Gasteiger partial charge in [0.15, 0.2) is 17.3 Å². The van der Waals surface area contributed by atoms with Crippen LogP contribution < -0.4 is 4.65 Å². The first kappa shape index (κ1) is 71.2. The average molecular weight is 1460 g/mol. The molecule has 0 unspecified atom stereocenters. The molecule has 0 aliphatic rings. The fraction of sp³-hybridized carbons (Fsp3) is 0.0968. The maximum Gasteiger partial charge on any atom is 0.569 e. The fourth-order valence-electron chi connectivity index (χ4n) is 7.84. The number of benzene rings is 5. The number of carbonyl (C=O) groups is 2. The van der Waals surface area contributed by atoms with Crippen LogP contribution in [0.25, 0.3) is 45.5 Å². The maximum absolute atomic E-state index is 13.7. The number of halogens is 14. The Morgan fingerprint density at radius 2 is 0.903 bits per heavy atom. The molecule has 0 atom stereocenters. The van der Waals surface area contributed by atoms with Gasteiger partial charge < -0.3 is 33.1 Å². The predicted molar refractivity (Wildman–Crippen MR) is 327 cm³/mol. The maximum atomic E-state index is 13.7. The number of thiol groups is 1. The Morgan fingerprint density at radius 3 is 1.32 bits per heavy atom.